The summed E-state index contributed by atoms with van der Waals surface area (Å²) in [7, 11) is 0. The lowest BCUT2D eigenvalue weighted by atomic mass is 9.47. The first-order valence-electron chi connectivity index (χ1n) is 21.0. The van der Waals surface area contributed by atoms with Crippen LogP contribution in [0, 0.1) is 52.3 Å². The molecule has 7 heteroatoms. The Labute approximate surface area is 304 Å². The fraction of sp³-hybridized carbons (Fsp3) is 0.930. The number of unbranched alkanes of at least 4 members (excludes halogenated alkanes) is 4. The molecule has 14 unspecified atom stereocenters. The summed E-state index contributed by atoms with van der Waals surface area (Å²) >= 11 is 0. The van der Waals surface area contributed by atoms with Crippen molar-refractivity contribution < 1.29 is 34.3 Å². The number of rotatable bonds is 16. The molecule has 0 aromatic carbocycles. The molecule has 50 heavy (non-hydrogen) atoms. The number of hydrogen-bond donors (Lipinski definition) is 3. The van der Waals surface area contributed by atoms with Gasteiger partial charge in [-0.2, -0.15) is 0 Å². The van der Waals surface area contributed by atoms with E-state index < -0.39 is 30.7 Å². The molecule has 0 amide bonds. The molecule has 1 aliphatic heterocycles. The maximum Gasteiger partial charge on any atom is 0.305 e. The Hall–Kier alpha value is -0.990. The highest BCUT2D eigenvalue weighted by Crippen LogP contribution is 2.67. The van der Waals surface area contributed by atoms with E-state index >= 15 is 0 Å². The summed E-state index contributed by atoms with van der Waals surface area (Å²) in [4.78, 5) is 12.3. The highest BCUT2D eigenvalue weighted by molar-refractivity contribution is 5.69. The van der Waals surface area contributed by atoms with E-state index in [4.69, 9.17) is 14.2 Å². The highest BCUT2D eigenvalue weighted by Gasteiger charge is 2.59. The molecule has 0 aromatic rings. The minimum absolute atomic E-state index is 0.136. The van der Waals surface area contributed by atoms with E-state index in [1.807, 2.05) is 0 Å². The van der Waals surface area contributed by atoms with E-state index in [0.717, 1.165) is 93.3 Å². The summed E-state index contributed by atoms with van der Waals surface area (Å²) in [6, 6.07) is 0. The van der Waals surface area contributed by atoms with Crippen molar-refractivity contribution in [3.05, 3.63) is 11.6 Å². The van der Waals surface area contributed by atoms with Gasteiger partial charge in [-0.05, 0) is 116 Å². The van der Waals surface area contributed by atoms with Crippen molar-refractivity contribution >= 4 is 5.97 Å². The molecule has 1 saturated heterocycles. The van der Waals surface area contributed by atoms with E-state index in [1.54, 1.807) is 0 Å². The Morgan fingerprint density at radius 3 is 2.40 bits per heavy atom. The second kappa shape index (κ2) is 17.4. The van der Waals surface area contributed by atoms with Gasteiger partial charge in [-0.25, -0.2) is 0 Å². The maximum atomic E-state index is 12.3. The smallest absolute Gasteiger partial charge is 0.305 e. The summed E-state index contributed by atoms with van der Waals surface area (Å²) in [5.74, 6) is 5.23. The van der Waals surface area contributed by atoms with Gasteiger partial charge in [0.25, 0.3) is 0 Å². The normalized spacial score (nSPS) is 41.1. The number of aliphatic hydroxyl groups is 3. The first-order valence-corrected chi connectivity index (χ1v) is 21.0. The predicted octanol–water partition coefficient (Wildman–Crippen LogP) is 8.76. The average molecular weight is 703 g/mol. The van der Waals surface area contributed by atoms with Crippen LogP contribution in [-0.2, 0) is 19.0 Å². The molecule has 5 rings (SSSR count). The summed E-state index contributed by atoms with van der Waals surface area (Å²) < 4.78 is 17.8. The van der Waals surface area contributed by atoms with Crippen LogP contribution in [0.5, 0.6) is 0 Å². The highest BCUT2D eigenvalue weighted by atomic mass is 16.7. The number of allylic oxidation sites excluding steroid dienone is 1. The van der Waals surface area contributed by atoms with Gasteiger partial charge in [-0.15, -0.1) is 0 Å². The van der Waals surface area contributed by atoms with Crippen LogP contribution < -0.4 is 0 Å². The van der Waals surface area contributed by atoms with Gasteiger partial charge >= 0.3 is 5.97 Å². The summed E-state index contributed by atoms with van der Waals surface area (Å²) in [6.45, 7) is 16.9. The molecule has 0 bridgehead atoms. The number of fused-ring (bicyclic) bond motifs is 5. The molecule has 0 aromatic heterocycles. The fourth-order valence-electron chi connectivity index (χ4n) is 11.9. The van der Waals surface area contributed by atoms with Crippen molar-refractivity contribution in [1.82, 2.24) is 0 Å². The SMILES string of the molecule is CCCCCCCC(=O)OCC1OC(OC2CCC3(C)C(=CCC4C3CCC3(C)C(C(C)CCC(CC)C(C)C)CCC43)C2)C(O)C(O)C1O. The average Bonchev–Trinajstić information content (AvgIpc) is 3.45. The molecular weight excluding hydrogens is 628 g/mol. The fourth-order valence-corrected chi connectivity index (χ4v) is 11.9. The zero-order valence-corrected chi connectivity index (χ0v) is 32.8. The molecular formula is C43H74O7. The third-order valence-electron chi connectivity index (χ3n) is 15.2. The first-order chi connectivity index (χ1) is 23.8. The van der Waals surface area contributed by atoms with E-state index in [0.29, 0.717) is 17.8 Å². The Bertz CT molecular complexity index is 1120. The minimum atomic E-state index is -1.44. The topological polar surface area (TPSA) is 105 Å². The van der Waals surface area contributed by atoms with Crippen molar-refractivity contribution in [3.8, 4) is 0 Å². The van der Waals surface area contributed by atoms with Crippen LogP contribution in [-0.4, -0.2) is 64.7 Å². The van der Waals surface area contributed by atoms with Crippen molar-refractivity contribution in [1.29, 1.82) is 0 Å². The monoisotopic (exact) mass is 703 g/mol. The van der Waals surface area contributed by atoms with Crippen LogP contribution in [0.3, 0.4) is 0 Å². The molecule has 5 aliphatic rings. The van der Waals surface area contributed by atoms with Crippen LogP contribution in [0.2, 0.25) is 0 Å². The number of hydrogen-bond acceptors (Lipinski definition) is 7. The van der Waals surface area contributed by atoms with E-state index in [2.05, 4.69) is 54.5 Å². The lowest BCUT2D eigenvalue weighted by molar-refractivity contribution is -0.313. The quantitative estimate of drug-likeness (QED) is 0.0839. The molecule has 3 saturated carbocycles. The molecule has 288 valence electrons. The van der Waals surface area contributed by atoms with Gasteiger partial charge in [0.05, 0.1) is 6.10 Å². The van der Waals surface area contributed by atoms with Crippen LogP contribution in [0.15, 0.2) is 11.6 Å². The van der Waals surface area contributed by atoms with Crippen LogP contribution in [0.1, 0.15) is 158 Å². The van der Waals surface area contributed by atoms with E-state index in [9.17, 15) is 20.1 Å². The van der Waals surface area contributed by atoms with Gasteiger partial charge in [-0.1, -0.05) is 98.6 Å². The zero-order valence-electron chi connectivity index (χ0n) is 32.8. The van der Waals surface area contributed by atoms with Crippen molar-refractivity contribution in [2.75, 3.05) is 6.61 Å². The van der Waals surface area contributed by atoms with Gasteiger partial charge in [0.1, 0.15) is 31.0 Å². The zero-order chi connectivity index (χ0) is 36.2. The van der Waals surface area contributed by atoms with Crippen LogP contribution >= 0.6 is 0 Å². The van der Waals surface area contributed by atoms with Crippen molar-refractivity contribution in [2.45, 2.75) is 194 Å². The Balaban J connectivity index is 1.16. The molecule has 1 heterocycles. The third-order valence-corrected chi connectivity index (χ3v) is 15.2. The number of esters is 1. The maximum absolute atomic E-state index is 12.3. The lowest BCUT2D eigenvalue weighted by Gasteiger charge is -2.58. The second-order valence-electron chi connectivity index (χ2n) is 18.3. The second-order valence-corrected chi connectivity index (χ2v) is 18.3. The predicted molar refractivity (Wildman–Crippen MR) is 198 cm³/mol. The Morgan fingerprint density at radius 1 is 0.920 bits per heavy atom. The number of aliphatic hydroxyl groups excluding tert-OH is 3. The minimum Gasteiger partial charge on any atom is -0.463 e. The van der Waals surface area contributed by atoms with Gasteiger partial charge in [0, 0.05) is 6.42 Å². The Kier molecular flexibility index (Phi) is 14.0. The molecule has 4 fully saturated rings. The molecule has 3 N–H and O–H groups in total. The van der Waals surface area contributed by atoms with Crippen molar-refractivity contribution in [2.24, 2.45) is 52.3 Å². The van der Waals surface area contributed by atoms with E-state index in [-0.39, 0.29) is 24.1 Å². The third kappa shape index (κ3) is 8.53. The number of ether oxygens (including phenoxy) is 3. The van der Waals surface area contributed by atoms with Gasteiger partial charge in [-0.3, -0.25) is 4.79 Å². The van der Waals surface area contributed by atoms with Gasteiger partial charge in [0.2, 0.25) is 0 Å². The van der Waals surface area contributed by atoms with E-state index in [1.165, 1.54) is 50.5 Å². The van der Waals surface area contributed by atoms with Crippen molar-refractivity contribution in [3.63, 3.8) is 0 Å². The summed E-state index contributed by atoms with van der Waals surface area (Å²) in [5, 5.41) is 32.2. The summed E-state index contributed by atoms with van der Waals surface area (Å²) in [6.07, 6.45) is 15.1. The molecule has 0 spiro atoms. The Morgan fingerprint density at radius 2 is 1.68 bits per heavy atom. The molecule has 14 atom stereocenters. The lowest BCUT2D eigenvalue weighted by Crippen LogP contribution is -2.60. The van der Waals surface area contributed by atoms with Crippen LogP contribution in [0.4, 0.5) is 0 Å². The standard InChI is InChI=1S/C43H74O7/c1-8-10-11-12-13-14-37(44)48-26-36-38(45)39(46)40(47)41(50-36)49-31-21-23-42(6)30(25-31)17-18-32-34-20-19-33(43(34,7)24-22-35(32)42)28(5)15-16-29(9-2)27(3)4/h17,27-29,31-36,38-41,45-47H,8-16,18-26H2,1-7H3. The first kappa shape index (κ1) is 40.2. The van der Waals surface area contributed by atoms with Gasteiger partial charge < -0.3 is 29.5 Å². The summed E-state index contributed by atoms with van der Waals surface area (Å²) in [5.41, 5.74) is 2.13. The molecule has 7 nitrogen and oxygen atoms in total. The van der Waals surface area contributed by atoms with Gasteiger partial charge in [0.15, 0.2) is 6.29 Å². The number of carbonyl (C=O) groups excluding carboxylic acids is 1. The van der Waals surface area contributed by atoms with Crippen LogP contribution in [0.25, 0.3) is 0 Å². The largest absolute Gasteiger partial charge is 0.463 e. The number of carbonyl (C=O) groups is 1. The molecule has 0 radical (unpaired) electrons. The molecule has 4 aliphatic carbocycles.